The Morgan fingerprint density at radius 2 is 1.55 bits per heavy atom. The SMILES string of the molecule is Cc1cccc(CN(C(=O)CN(c2ccc(I)cc2)S(C)(=O)=O)C(Cc2ccccc2)C(=O)NC(C)C)c1. The zero-order valence-electron chi connectivity index (χ0n) is 22.1. The molecule has 3 aromatic rings. The Labute approximate surface area is 239 Å². The molecular formula is C29H34IN3O4S. The molecule has 0 aliphatic rings. The number of amides is 2. The van der Waals surface area contributed by atoms with Crippen LogP contribution >= 0.6 is 22.6 Å². The third kappa shape index (κ3) is 8.56. The molecule has 0 fully saturated rings. The highest BCUT2D eigenvalue weighted by atomic mass is 127. The second-order valence-electron chi connectivity index (χ2n) is 9.63. The number of carbonyl (C=O) groups excluding carboxylic acids is 2. The minimum Gasteiger partial charge on any atom is -0.352 e. The van der Waals surface area contributed by atoms with Crippen molar-refractivity contribution in [3.05, 3.63) is 99.1 Å². The van der Waals surface area contributed by atoms with Crippen molar-refractivity contribution in [3.63, 3.8) is 0 Å². The Bertz CT molecular complexity index is 1350. The first-order valence-electron chi connectivity index (χ1n) is 12.4. The molecule has 0 bridgehead atoms. The molecule has 1 N–H and O–H groups in total. The van der Waals surface area contributed by atoms with Gasteiger partial charge in [-0.25, -0.2) is 8.42 Å². The van der Waals surface area contributed by atoms with E-state index in [1.54, 1.807) is 24.3 Å². The lowest BCUT2D eigenvalue weighted by Crippen LogP contribution is -2.54. The van der Waals surface area contributed by atoms with Crippen LogP contribution in [0.25, 0.3) is 0 Å². The number of benzene rings is 3. The van der Waals surface area contributed by atoms with Crippen molar-refractivity contribution in [2.24, 2.45) is 0 Å². The van der Waals surface area contributed by atoms with E-state index in [2.05, 4.69) is 27.9 Å². The van der Waals surface area contributed by atoms with E-state index < -0.39 is 28.5 Å². The number of rotatable bonds is 11. The monoisotopic (exact) mass is 647 g/mol. The molecule has 1 atom stereocenters. The average molecular weight is 648 g/mol. The van der Waals surface area contributed by atoms with Gasteiger partial charge in [-0.1, -0.05) is 60.2 Å². The molecule has 0 saturated carbocycles. The number of hydrogen-bond donors (Lipinski definition) is 1. The largest absolute Gasteiger partial charge is 0.352 e. The molecule has 202 valence electrons. The van der Waals surface area contributed by atoms with Gasteiger partial charge in [0.05, 0.1) is 11.9 Å². The number of aryl methyl sites for hydroxylation is 1. The number of nitrogens with one attached hydrogen (secondary N) is 1. The molecule has 38 heavy (non-hydrogen) atoms. The summed E-state index contributed by atoms with van der Waals surface area (Å²) in [6, 6.07) is 23.2. The van der Waals surface area contributed by atoms with Crippen molar-refractivity contribution in [2.75, 3.05) is 17.1 Å². The van der Waals surface area contributed by atoms with Crippen molar-refractivity contribution >= 4 is 50.1 Å². The van der Waals surface area contributed by atoms with E-state index in [-0.39, 0.29) is 18.5 Å². The minimum absolute atomic E-state index is 0.129. The van der Waals surface area contributed by atoms with Gasteiger partial charge >= 0.3 is 0 Å². The molecule has 3 rings (SSSR count). The van der Waals surface area contributed by atoms with Gasteiger partial charge in [0.25, 0.3) is 0 Å². The molecule has 0 aliphatic heterocycles. The average Bonchev–Trinajstić information content (AvgIpc) is 2.85. The normalized spacial score (nSPS) is 12.2. The maximum Gasteiger partial charge on any atom is 0.244 e. The van der Waals surface area contributed by atoms with Gasteiger partial charge in [-0.3, -0.25) is 13.9 Å². The summed E-state index contributed by atoms with van der Waals surface area (Å²) in [6.45, 7) is 5.43. The van der Waals surface area contributed by atoms with Crippen LogP contribution in [-0.2, 0) is 32.6 Å². The summed E-state index contributed by atoms with van der Waals surface area (Å²) in [7, 11) is -3.78. The quantitative estimate of drug-likeness (QED) is 0.310. The maximum absolute atomic E-state index is 14.0. The summed E-state index contributed by atoms with van der Waals surface area (Å²) in [4.78, 5) is 29.0. The standard InChI is InChI=1S/C29H34IN3O4S/c1-21(2)31-29(35)27(18-23-10-6-5-7-11-23)32(19-24-12-8-9-22(3)17-24)28(34)20-33(38(4,36)37)26-15-13-25(30)14-16-26/h5-17,21,27H,18-20H2,1-4H3,(H,31,35). The Balaban J connectivity index is 2.05. The van der Waals surface area contributed by atoms with Crippen LogP contribution in [0.2, 0.25) is 0 Å². The number of sulfonamides is 1. The van der Waals surface area contributed by atoms with Crippen molar-refractivity contribution in [1.29, 1.82) is 0 Å². The number of hydrogen-bond acceptors (Lipinski definition) is 4. The predicted octanol–water partition coefficient (Wildman–Crippen LogP) is 4.53. The fourth-order valence-electron chi connectivity index (χ4n) is 4.16. The molecule has 0 spiro atoms. The lowest BCUT2D eigenvalue weighted by Gasteiger charge is -2.34. The topological polar surface area (TPSA) is 86.8 Å². The van der Waals surface area contributed by atoms with Gasteiger partial charge < -0.3 is 10.2 Å². The van der Waals surface area contributed by atoms with Crippen molar-refractivity contribution in [1.82, 2.24) is 10.2 Å². The van der Waals surface area contributed by atoms with E-state index in [0.717, 1.165) is 30.8 Å². The first-order valence-corrected chi connectivity index (χ1v) is 15.3. The fourth-order valence-corrected chi connectivity index (χ4v) is 5.37. The lowest BCUT2D eigenvalue weighted by molar-refractivity contribution is -0.140. The molecule has 0 heterocycles. The third-order valence-electron chi connectivity index (χ3n) is 5.93. The van der Waals surface area contributed by atoms with Crippen LogP contribution in [0.4, 0.5) is 5.69 Å². The van der Waals surface area contributed by atoms with Crippen molar-refractivity contribution in [3.8, 4) is 0 Å². The number of carbonyl (C=O) groups is 2. The van der Waals surface area contributed by atoms with Gasteiger partial charge in [-0.15, -0.1) is 0 Å². The second kappa shape index (κ2) is 13.2. The molecule has 2 amide bonds. The Morgan fingerprint density at radius 3 is 2.13 bits per heavy atom. The first-order chi connectivity index (χ1) is 17.9. The summed E-state index contributed by atoms with van der Waals surface area (Å²) in [5.41, 5.74) is 3.17. The minimum atomic E-state index is -3.78. The molecule has 0 aromatic heterocycles. The van der Waals surface area contributed by atoms with Gasteiger partial charge in [-0.2, -0.15) is 0 Å². The van der Waals surface area contributed by atoms with E-state index in [9.17, 15) is 18.0 Å². The van der Waals surface area contributed by atoms with Crippen LogP contribution in [0.3, 0.4) is 0 Å². The van der Waals surface area contributed by atoms with Gasteiger partial charge in [0.15, 0.2) is 0 Å². The smallest absolute Gasteiger partial charge is 0.244 e. The van der Waals surface area contributed by atoms with Gasteiger partial charge in [0.2, 0.25) is 21.8 Å². The third-order valence-corrected chi connectivity index (χ3v) is 7.79. The Morgan fingerprint density at radius 1 is 0.921 bits per heavy atom. The fraction of sp³-hybridized carbons (Fsp3) is 0.310. The molecule has 3 aromatic carbocycles. The predicted molar refractivity (Wildman–Crippen MR) is 160 cm³/mol. The zero-order chi connectivity index (χ0) is 27.9. The summed E-state index contributed by atoms with van der Waals surface area (Å²) >= 11 is 2.14. The summed E-state index contributed by atoms with van der Waals surface area (Å²) in [6.07, 6.45) is 1.37. The highest BCUT2D eigenvalue weighted by Gasteiger charge is 2.33. The van der Waals surface area contributed by atoms with Gasteiger partial charge in [0.1, 0.15) is 12.6 Å². The van der Waals surface area contributed by atoms with E-state index in [1.807, 2.05) is 75.4 Å². The molecular weight excluding hydrogens is 613 g/mol. The molecule has 0 saturated heterocycles. The van der Waals surface area contributed by atoms with E-state index >= 15 is 0 Å². The number of anilines is 1. The van der Waals surface area contributed by atoms with E-state index in [1.165, 1.54) is 4.90 Å². The number of nitrogens with zero attached hydrogens (tertiary/aromatic N) is 2. The molecule has 0 radical (unpaired) electrons. The van der Waals surface area contributed by atoms with E-state index in [0.29, 0.717) is 12.1 Å². The second-order valence-corrected chi connectivity index (χ2v) is 12.8. The highest BCUT2D eigenvalue weighted by Crippen LogP contribution is 2.21. The highest BCUT2D eigenvalue weighted by molar-refractivity contribution is 14.1. The molecule has 9 heteroatoms. The van der Waals surface area contributed by atoms with E-state index in [4.69, 9.17) is 0 Å². The Kier molecular flexibility index (Phi) is 10.3. The van der Waals surface area contributed by atoms with Crippen LogP contribution in [0.5, 0.6) is 0 Å². The van der Waals surface area contributed by atoms with Crippen LogP contribution in [-0.4, -0.2) is 50.0 Å². The zero-order valence-corrected chi connectivity index (χ0v) is 25.1. The van der Waals surface area contributed by atoms with Crippen LogP contribution < -0.4 is 9.62 Å². The van der Waals surface area contributed by atoms with Gasteiger partial charge in [-0.05, 0) is 78.8 Å². The molecule has 1 unspecified atom stereocenters. The molecule has 7 nitrogen and oxygen atoms in total. The van der Waals surface area contributed by atoms with Gasteiger partial charge in [0, 0.05) is 22.6 Å². The molecule has 0 aliphatic carbocycles. The first kappa shape index (κ1) is 29.6. The van der Waals surface area contributed by atoms with Crippen molar-refractivity contribution < 1.29 is 18.0 Å². The van der Waals surface area contributed by atoms with Crippen LogP contribution in [0.15, 0.2) is 78.9 Å². The number of halogens is 1. The van der Waals surface area contributed by atoms with Crippen LogP contribution in [0.1, 0.15) is 30.5 Å². The Hall–Kier alpha value is -2.92. The van der Waals surface area contributed by atoms with Crippen LogP contribution in [0, 0.1) is 10.5 Å². The summed E-state index contributed by atoms with van der Waals surface area (Å²) in [5, 5.41) is 2.95. The summed E-state index contributed by atoms with van der Waals surface area (Å²) in [5.74, 6) is -0.750. The summed E-state index contributed by atoms with van der Waals surface area (Å²) < 4.78 is 27.6. The lowest BCUT2D eigenvalue weighted by atomic mass is 10.0. The maximum atomic E-state index is 14.0. The van der Waals surface area contributed by atoms with Crippen molar-refractivity contribution in [2.45, 2.75) is 45.8 Å².